The van der Waals surface area contributed by atoms with E-state index in [1.807, 2.05) is 54.6 Å². The van der Waals surface area contributed by atoms with Crippen molar-refractivity contribution in [3.8, 4) is 5.75 Å². The van der Waals surface area contributed by atoms with E-state index in [0.717, 1.165) is 16.8 Å². The first-order valence-electron chi connectivity index (χ1n) is 10.8. The largest absolute Gasteiger partial charge is 0.497 e. The van der Waals surface area contributed by atoms with Crippen molar-refractivity contribution >= 4 is 46.0 Å². The first kappa shape index (κ1) is 21.9. The molecule has 5 rings (SSSR count). The Bertz CT molecular complexity index is 1310. The van der Waals surface area contributed by atoms with E-state index < -0.39 is 11.3 Å². The van der Waals surface area contributed by atoms with Crippen LogP contribution in [0.25, 0.3) is 0 Å². The molecule has 8 heteroatoms. The second-order valence-corrected chi connectivity index (χ2v) is 9.14. The number of methoxy groups -OCH3 is 1. The van der Waals surface area contributed by atoms with Gasteiger partial charge in [-0.25, -0.2) is 14.9 Å². The fourth-order valence-electron chi connectivity index (χ4n) is 3.81. The van der Waals surface area contributed by atoms with Crippen molar-refractivity contribution in [2.45, 2.75) is 18.2 Å². The van der Waals surface area contributed by atoms with Crippen molar-refractivity contribution in [2.24, 2.45) is 9.98 Å². The predicted molar refractivity (Wildman–Crippen MR) is 135 cm³/mol. The molecule has 2 amide bonds. The maximum atomic E-state index is 13.5. The Balaban J connectivity index is 1.41. The number of fused-ring (bicyclic) bond motifs is 3. The number of benzene rings is 3. The SMILES string of the molecule is COc1ccc(NC(=O)[C@H](C)SC2=Nc3ccccc3C3=N[C@@H](c4ccccc4)C(=O)N23)cc1. The summed E-state index contributed by atoms with van der Waals surface area (Å²) in [5.41, 5.74) is 3.01. The highest BCUT2D eigenvalue weighted by Crippen LogP contribution is 2.38. The van der Waals surface area contributed by atoms with Gasteiger partial charge in [-0.3, -0.25) is 9.59 Å². The molecular formula is C26H22N4O3S. The fourth-order valence-corrected chi connectivity index (χ4v) is 4.73. The summed E-state index contributed by atoms with van der Waals surface area (Å²) >= 11 is 1.23. The maximum Gasteiger partial charge on any atom is 0.263 e. The number of hydrogen-bond donors (Lipinski definition) is 1. The molecule has 0 fully saturated rings. The molecule has 34 heavy (non-hydrogen) atoms. The lowest BCUT2D eigenvalue weighted by atomic mass is 10.1. The summed E-state index contributed by atoms with van der Waals surface area (Å²) in [6, 6.07) is 23.6. The molecule has 0 radical (unpaired) electrons. The van der Waals surface area contributed by atoms with E-state index in [-0.39, 0.29) is 11.8 Å². The van der Waals surface area contributed by atoms with Crippen LogP contribution in [-0.2, 0) is 9.59 Å². The highest BCUT2D eigenvalue weighted by atomic mass is 32.2. The van der Waals surface area contributed by atoms with Crippen LogP contribution in [0.3, 0.4) is 0 Å². The average Bonchev–Trinajstić information content (AvgIpc) is 3.22. The second kappa shape index (κ2) is 9.15. The molecule has 1 N–H and O–H groups in total. The van der Waals surface area contributed by atoms with E-state index in [1.54, 1.807) is 43.2 Å². The molecule has 2 aliphatic rings. The van der Waals surface area contributed by atoms with Gasteiger partial charge in [0, 0.05) is 11.3 Å². The van der Waals surface area contributed by atoms with E-state index >= 15 is 0 Å². The summed E-state index contributed by atoms with van der Waals surface area (Å²) in [5.74, 6) is 0.906. The number of anilines is 1. The van der Waals surface area contributed by atoms with Crippen molar-refractivity contribution < 1.29 is 14.3 Å². The van der Waals surface area contributed by atoms with E-state index in [1.165, 1.54) is 11.8 Å². The van der Waals surface area contributed by atoms with Crippen molar-refractivity contribution in [2.75, 3.05) is 12.4 Å². The number of carbonyl (C=O) groups is 2. The van der Waals surface area contributed by atoms with Crippen molar-refractivity contribution in [1.29, 1.82) is 0 Å². The minimum absolute atomic E-state index is 0.176. The van der Waals surface area contributed by atoms with Crippen LogP contribution in [0.4, 0.5) is 11.4 Å². The standard InChI is InChI=1S/C26H22N4O3S/c1-16(24(31)27-18-12-14-19(33-2)15-13-18)34-26-28-21-11-7-6-10-20(21)23-29-22(25(32)30(23)26)17-8-4-3-5-9-17/h3-16,22H,1-2H3,(H,27,31)/t16-,22-/m0/s1. The van der Waals surface area contributed by atoms with Crippen molar-refractivity contribution in [3.05, 3.63) is 90.0 Å². The number of carbonyl (C=O) groups excluding carboxylic acids is 2. The minimum atomic E-state index is -0.642. The smallest absolute Gasteiger partial charge is 0.263 e. The second-order valence-electron chi connectivity index (χ2n) is 7.83. The quantitative estimate of drug-likeness (QED) is 0.581. The monoisotopic (exact) mass is 470 g/mol. The van der Waals surface area contributed by atoms with Gasteiger partial charge in [-0.1, -0.05) is 54.2 Å². The third-order valence-electron chi connectivity index (χ3n) is 5.59. The van der Waals surface area contributed by atoms with Crippen LogP contribution in [-0.4, -0.2) is 40.1 Å². The topological polar surface area (TPSA) is 83.4 Å². The molecule has 0 bridgehead atoms. The van der Waals surface area contributed by atoms with Gasteiger partial charge in [0.25, 0.3) is 5.91 Å². The van der Waals surface area contributed by atoms with Gasteiger partial charge in [0.2, 0.25) is 5.91 Å². The maximum absolute atomic E-state index is 13.5. The van der Waals surface area contributed by atoms with Gasteiger partial charge in [-0.05, 0) is 48.9 Å². The number of thioether (sulfide) groups is 1. The lowest BCUT2D eigenvalue weighted by Gasteiger charge is -2.26. The molecule has 2 atom stereocenters. The number of amidine groups is 2. The van der Waals surface area contributed by atoms with Gasteiger partial charge in [-0.2, -0.15) is 0 Å². The van der Waals surface area contributed by atoms with Gasteiger partial charge in [0.1, 0.15) is 11.6 Å². The van der Waals surface area contributed by atoms with E-state index in [4.69, 9.17) is 14.7 Å². The van der Waals surface area contributed by atoms with Crippen LogP contribution in [0.5, 0.6) is 5.75 Å². The Kier molecular flexibility index (Phi) is 5.90. The molecule has 3 aromatic rings. The third kappa shape index (κ3) is 4.08. The van der Waals surface area contributed by atoms with Gasteiger partial charge < -0.3 is 10.1 Å². The summed E-state index contributed by atoms with van der Waals surface area (Å²) in [4.78, 5) is 37.4. The average molecular weight is 471 g/mol. The van der Waals surface area contributed by atoms with Crippen LogP contribution in [0, 0.1) is 0 Å². The van der Waals surface area contributed by atoms with Crippen molar-refractivity contribution in [3.63, 3.8) is 0 Å². The van der Waals surface area contributed by atoms with Gasteiger partial charge in [0.15, 0.2) is 11.2 Å². The molecule has 0 unspecified atom stereocenters. The van der Waals surface area contributed by atoms with Gasteiger partial charge in [-0.15, -0.1) is 0 Å². The molecule has 7 nitrogen and oxygen atoms in total. The predicted octanol–water partition coefficient (Wildman–Crippen LogP) is 4.79. The Morgan fingerprint density at radius 1 is 1.03 bits per heavy atom. The number of hydrogen-bond acceptors (Lipinski definition) is 6. The normalized spacial score (nSPS) is 17.3. The zero-order valence-electron chi connectivity index (χ0n) is 18.6. The highest BCUT2D eigenvalue weighted by Gasteiger charge is 2.42. The fraction of sp³-hybridized carbons (Fsp3) is 0.154. The number of aliphatic imine (C=N–C) groups is 2. The van der Waals surface area contributed by atoms with Crippen LogP contribution < -0.4 is 10.1 Å². The van der Waals surface area contributed by atoms with Crippen LogP contribution >= 0.6 is 11.8 Å². The Hall–Kier alpha value is -3.91. The Labute approximate surface area is 201 Å². The summed E-state index contributed by atoms with van der Waals surface area (Å²) < 4.78 is 5.16. The first-order chi connectivity index (χ1) is 16.5. The molecule has 0 saturated carbocycles. The number of ether oxygens (including phenoxy) is 1. The molecule has 0 aromatic heterocycles. The van der Waals surface area contributed by atoms with Crippen LogP contribution in [0.2, 0.25) is 0 Å². The molecule has 170 valence electrons. The molecule has 0 spiro atoms. The molecule has 0 saturated heterocycles. The number of amides is 2. The van der Waals surface area contributed by atoms with Crippen molar-refractivity contribution in [1.82, 2.24) is 4.90 Å². The van der Waals surface area contributed by atoms with Crippen LogP contribution in [0.1, 0.15) is 24.1 Å². The molecule has 3 aromatic carbocycles. The summed E-state index contributed by atoms with van der Waals surface area (Å²) in [5, 5.41) is 2.84. The lowest BCUT2D eigenvalue weighted by molar-refractivity contribution is -0.124. The van der Waals surface area contributed by atoms with Gasteiger partial charge in [0.05, 0.1) is 18.0 Å². The number of nitrogens with one attached hydrogen (secondary N) is 1. The highest BCUT2D eigenvalue weighted by molar-refractivity contribution is 8.15. The number of rotatable bonds is 5. The molecular weight excluding hydrogens is 448 g/mol. The van der Waals surface area contributed by atoms with Crippen LogP contribution in [0.15, 0.2) is 88.8 Å². The summed E-state index contributed by atoms with van der Waals surface area (Å²) in [6.45, 7) is 1.79. The Morgan fingerprint density at radius 3 is 2.47 bits per heavy atom. The molecule has 2 aliphatic heterocycles. The number of nitrogens with zero attached hydrogens (tertiary/aromatic N) is 3. The zero-order valence-corrected chi connectivity index (χ0v) is 19.5. The lowest BCUT2D eigenvalue weighted by Crippen LogP contribution is -2.41. The van der Waals surface area contributed by atoms with E-state index in [2.05, 4.69) is 5.32 Å². The van der Waals surface area contributed by atoms with Gasteiger partial charge >= 0.3 is 0 Å². The van der Waals surface area contributed by atoms with E-state index in [9.17, 15) is 9.59 Å². The minimum Gasteiger partial charge on any atom is -0.497 e. The zero-order chi connectivity index (χ0) is 23.7. The molecule has 0 aliphatic carbocycles. The van der Waals surface area contributed by atoms with E-state index in [0.29, 0.717) is 22.4 Å². The number of para-hydroxylation sites is 1. The summed E-state index contributed by atoms with van der Waals surface area (Å²) in [7, 11) is 1.59. The Morgan fingerprint density at radius 2 is 1.74 bits per heavy atom. The third-order valence-corrected chi connectivity index (χ3v) is 6.65. The summed E-state index contributed by atoms with van der Waals surface area (Å²) in [6.07, 6.45) is 0. The first-order valence-corrected chi connectivity index (χ1v) is 11.7. The molecule has 2 heterocycles.